The molecule has 3 aromatic rings. The van der Waals surface area contributed by atoms with E-state index in [-0.39, 0.29) is 18.3 Å². The molecule has 0 saturated carbocycles. The van der Waals surface area contributed by atoms with Crippen LogP contribution in [0.1, 0.15) is 60.0 Å². The van der Waals surface area contributed by atoms with E-state index in [9.17, 15) is 9.90 Å². The fourth-order valence-electron chi connectivity index (χ4n) is 4.88. The van der Waals surface area contributed by atoms with E-state index in [4.69, 9.17) is 10.1 Å². The number of fused-ring (bicyclic) bond motifs is 1. The van der Waals surface area contributed by atoms with Crippen molar-refractivity contribution in [2.24, 2.45) is 0 Å². The summed E-state index contributed by atoms with van der Waals surface area (Å²) in [5, 5.41) is 18.6. The molecule has 36 heavy (non-hydrogen) atoms. The topological polar surface area (TPSA) is 82.8 Å². The fraction of sp³-hybridized carbons (Fsp3) is 0.464. The number of nitrogens with one attached hydrogen (secondary N) is 1. The molecule has 0 radical (unpaired) electrons. The quantitative estimate of drug-likeness (QED) is 0.479. The van der Waals surface area contributed by atoms with E-state index in [1.165, 1.54) is 11.1 Å². The van der Waals surface area contributed by atoms with Gasteiger partial charge >= 0.3 is 0 Å². The molecule has 8 heteroatoms. The van der Waals surface area contributed by atoms with Crippen LogP contribution in [0, 0.1) is 13.8 Å². The number of amides is 1. The molecular weight excluding hydrogens is 474 g/mol. The standard InChI is InChI=1S/C28H37N5O2.ClH/c1-5-25-24(27-30-20(2)17-21(3)33(27)31-25)18-23-10-8-22(9-11-23)7-6-12-28(35)13-15-32(16-14-28)26(34)19-29-4;/h6-11,17,29,35H,5,12-16,18-19H2,1-4H3;1H/b7-6+;. The van der Waals surface area contributed by atoms with E-state index in [0.29, 0.717) is 38.9 Å². The number of carbonyl (C=O) groups excluding carboxylic acids is 1. The van der Waals surface area contributed by atoms with Gasteiger partial charge in [0.25, 0.3) is 0 Å². The van der Waals surface area contributed by atoms with E-state index < -0.39 is 5.60 Å². The molecule has 1 saturated heterocycles. The fourth-order valence-corrected chi connectivity index (χ4v) is 4.88. The Labute approximate surface area is 220 Å². The Morgan fingerprint density at radius 2 is 1.89 bits per heavy atom. The highest BCUT2D eigenvalue weighted by atomic mass is 35.5. The minimum atomic E-state index is -0.740. The third-order valence-corrected chi connectivity index (χ3v) is 6.95. The second-order valence-corrected chi connectivity index (χ2v) is 9.71. The molecule has 3 heterocycles. The molecule has 0 atom stereocenters. The molecule has 0 unspecified atom stereocenters. The van der Waals surface area contributed by atoms with Gasteiger partial charge in [0.15, 0.2) is 5.65 Å². The minimum absolute atomic E-state index is 0. The number of halogens is 1. The number of carbonyl (C=O) groups is 1. The Morgan fingerprint density at radius 3 is 2.53 bits per heavy atom. The maximum absolute atomic E-state index is 12.0. The molecule has 194 valence electrons. The van der Waals surface area contributed by atoms with Gasteiger partial charge in [0.1, 0.15) is 0 Å². The molecular formula is C28H38ClN5O2. The zero-order valence-corrected chi connectivity index (χ0v) is 22.6. The normalized spacial score (nSPS) is 15.4. The summed E-state index contributed by atoms with van der Waals surface area (Å²) in [7, 11) is 1.77. The van der Waals surface area contributed by atoms with Crippen LogP contribution >= 0.6 is 12.4 Å². The van der Waals surface area contributed by atoms with Gasteiger partial charge in [0.2, 0.25) is 5.91 Å². The smallest absolute Gasteiger partial charge is 0.236 e. The van der Waals surface area contributed by atoms with Gasteiger partial charge < -0.3 is 15.3 Å². The van der Waals surface area contributed by atoms with Crippen molar-refractivity contribution in [3.05, 3.63) is 70.2 Å². The molecule has 2 aromatic heterocycles. The van der Waals surface area contributed by atoms with Gasteiger partial charge in [0, 0.05) is 36.5 Å². The summed E-state index contributed by atoms with van der Waals surface area (Å²) in [5.74, 6) is 0.0985. The lowest BCUT2D eigenvalue weighted by molar-refractivity contribution is -0.134. The number of nitrogens with zero attached hydrogens (tertiary/aromatic N) is 4. The molecule has 4 rings (SSSR count). The van der Waals surface area contributed by atoms with Crippen LogP contribution in [0.15, 0.2) is 36.4 Å². The summed E-state index contributed by atoms with van der Waals surface area (Å²) < 4.78 is 1.96. The second-order valence-electron chi connectivity index (χ2n) is 9.71. The van der Waals surface area contributed by atoms with Crippen molar-refractivity contribution in [1.29, 1.82) is 0 Å². The van der Waals surface area contributed by atoms with Gasteiger partial charge in [-0.25, -0.2) is 9.50 Å². The molecule has 1 fully saturated rings. The first-order valence-corrected chi connectivity index (χ1v) is 12.6. The lowest BCUT2D eigenvalue weighted by Crippen LogP contribution is -2.48. The van der Waals surface area contributed by atoms with E-state index in [2.05, 4.69) is 61.6 Å². The van der Waals surface area contributed by atoms with Crippen LogP contribution < -0.4 is 5.32 Å². The number of hydrogen-bond acceptors (Lipinski definition) is 5. The number of aromatic nitrogens is 3. The van der Waals surface area contributed by atoms with Crippen LogP contribution in [0.25, 0.3) is 11.7 Å². The SMILES string of the molecule is CCc1nn2c(C)cc(C)nc2c1Cc1ccc(/C=C/CC2(O)CCN(C(=O)CNC)CC2)cc1.Cl. The summed E-state index contributed by atoms with van der Waals surface area (Å²) in [6, 6.07) is 10.6. The molecule has 1 aromatic carbocycles. The van der Waals surface area contributed by atoms with Crippen molar-refractivity contribution in [1.82, 2.24) is 24.8 Å². The Morgan fingerprint density at radius 1 is 1.19 bits per heavy atom. The minimum Gasteiger partial charge on any atom is -0.389 e. The zero-order valence-electron chi connectivity index (χ0n) is 21.8. The summed E-state index contributed by atoms with van der Waals surface area (Å²) in [5.41, 5.74) is 6.96. The average Bonchev–Trinajstić information content (AvgIpc) is 3.18. The van der Waals surface area contributed by atoms with Crippen LogP contribution in [0.5, 0.6) is 0 Å². The Kier molecular flexibility index (Phi) is 9.28. The summed E-state index contributed by atoms with van der Waals surface area (Å²) in [4.78, 5) is 18.6. The number of likely N-dealkylation sites (tertiary alicyclic amines) is 1. The summed E-state index contributed by atoms with van der Waals surface area (Å²) >= 11 is 0. The number of benzene rings is 1. The van der Waals surface area contributed by atoms with E-state index >= 15 is 0 Å². The Hall–Kier alpha value is -2.74. The van der Waals surface area contributed by atoms with Gasteiger partial charge in [0.05, 0.1) is 17.8 Å². The lowest BCUT2D eigenvalue weighted by Gasteiger charge is -2.37. The number of likely N-dealkylation sites (N-methyl/N-ethyl adjacent to an activating group) is 1. The number of rotatable bonds is 8. The van der Waals surface area contributed by atoms with Crippen molar-refractivity contribution < 1.29 is 9.90 Å². The van der Waals surface area contributed by atoms with E-state index in [0.717, 1.165) is 41.1 Å². The van der Waals surface area contributed by atoms with Gasteiger partial charge in [-0.3, -0.25) is 4.79 Å². The van der Waals surface area contributed by atoms with Gasteiger partial charge in [-0.05, 0) is 63.8 Å². The molecule has 0 bridgehead atoms. The summed E-state index contributed by atoms with van der Waals surface area (Å²) in [6.07, 6.45) is 7.61. The Balaban J connectivity index is 0.00000361. The monoisotopic (exact) mass is 511 g/mol. The molecule has 0 spiro atoms. The number of aryl methyl sites for hydroxylation is 3. The van der Waals surface area contributed by atoms with Crippen molar-refractivity contribution >= 4 is 30.0 Å². The van der Waals surface area contributed by atoms with Gasteiger partial charge in [-0.15, -0.1) is 12.4 Å². The molecule has 2 N–H and O–H groups in total. The lowest BCUT2D eigenvalue weighted by atomic mass is 9.88. The van der Waals surface area contributed by atoms with E-state index in [1.54, 1.807) is 7.05 Å². The maximum Gasteiger partial charge on any atom is 0.236 e. The zero-order chi connectivity index (χ0) is 25.0. The Bertz CT molecular complexity index is 1210. The van der Waals surface area contributed by atoms with E-state index in [1.807, 2.05) is 16.3 Å². The largest absolute Gasteiger partial charge is 0.389 e. The highest BCUT2D eigenvalue weighted by Crippen LogP contribution is 2.27. The average molecular weight is 512 g/mol. The van der Waals surface area contributed by atoms with Gasteiger partial charge in [-0.2, -0.15) is 5.10 Å². The van der Waals surface area contributed by atoms with Crippen molar-refractivity contribution in [3.63, 3.8) is 0 Å². The second kappa shape index (κ2) is 12.0. The highest BCUT2D eigenvalue weighted by Gasteiger charge is 2.32. The first-order valence-electron chi connectivity index (χ1n) is 12.6. The number of hydrogen-bond donors (Lipinski definition) is 2. The third kappa shape index (κ3) is 6.33. The third-order valence-electron chi connectivity index (χ3n) is 6.95. The maximum atomic E-state index is 12.0. The van der Waals surface area contributed by atoms with Crippen LogP contribution in [0.3, 0.4) is 0 Å². The van der Waals surface area contributed by atoms with Crippen LogP contribution in [0.2, 0.25) is 0 Å². The first-order chi connectivity index (χ1) is 16.8. The predicted molar refractivity (Wildman–Crippen MR) is 147 cm³/mol. The van der Waals surface area contributed by atoms with Crippen molar-refractivity contribution in [2.45, 2.75) is 58.5 Å². The molecule has 7 nitrogen and oxygen atoms in total. The van der Waals surface area contributed by atoms with Crippen LogP contribution in [-0.4, -0.2) is 62.8 Å². The molecule has 1 amide bonds. The van der Waals surface area contributed by atoms with Crippen LogP contribution in [-0.2, 0) is 17.6 Å². The molecule has 1 aliphatic rings. The number of piperidine rings is 1. The van der Waals surface area contributed by atoms with Crippen molar-refractivity contribution in [2.75, 3.05) is 26.7 Å². The van der Waals surface area contributed by atoms with Gasteiger partial charge in [-0.1, -0.05) is 43.3 Å². The summed E-state index contributed by atoms with van der Waals surface area (Å²) in [6.45, 7) is 7.80. The predicted octanol–water partition coefficient (Wildman–Crippen LogP) is 3.90. The van der Waals surface area contributed by atoms with Crippen LogP contribution in [0.4, 0.5) is 0 Å². The molecule has 1 aliphatic heterocycles. The molecule has 0 aliphatic carbocycles. The number of aliphatic hydroxyl groups is 1. The first kappa shape index (κ1) is 27.8. The van der Waals surface area contributed by atoms with Crippen molar-refractivity contribution in [3.8, 4) is 0 Å². The highest BCUT2D eigenvalue weighted by molar-refractivity contribution is 5.85.